The van der Waals surface area contributed by atoms with Crippen molar-refractivity contribution in [1.82, 2.24) is 9.55 Å². The molecule has 0 aliphatic heterocycles. The number of imidazole rings is 1. The zero-order chi connectivity index (χ0) is 13.8. The Bertz CT molecular complexity index is 592. The Morgan fingerprint density at radius 3 is 2.63 bits per heavy atom. The van der Waals surface area contributed by atoms with Crippen LogP contribution in [0.15, 0.2) is 42.9 Å². The van der Waals surface area contributed by atoms with Crippen LogP contribution in [0.1, 0.15) is 16.1 Å². The van der Waals surface area contributed by atoms with Crippen LogP contribution in [0.2, 0.25) is 0 Å². The van der Waals surface area contributed by atoms with Gasteiger partial charge in [-0.15, -0.1) is 0 Å². The van der Waals surface area contributed by atoms with Gasteiger partial charge in [-0.3, -0.25) is 14.2 Å². The van der Waals surface area contributed by atoms with E-state index in [-0.39, 0.29) is 12.3 Å². The van der Waals surface area contributed by atoms with Crippen molar-refractivity contribution < 1.29 is 14.7 Å². The van der Waals surface area contributed by atoms with Crippen molar-refractivity contribution in [2.24, 2.45) is 5.73 Å². The van der Waals surface area contributed by atoms with Gasteiger partial charge in [0.1, 0.15) is 12.4 Å². The first-order chi connectivity index (χ1) is 9.09. The van der Waals surface area contributed by atoms with E-state index in [1.807, 2.05) is 6.07 Å². The standard InChI is InChI=1S/C13H13N3O3/c14-11(13(18)19)6-10-7-15-8-16(10)12(17)9-4-2-1-3-5-9/h1-5,7-8,11H,6,14H2,(H,18,19)/t11-/m0/s1. The van der Waals surface area contributed by atoms with E-state index in [0.717, 1.165) is 0 Å². The third kappa shape index (κ3) is 2.86. The lowest BCUT2D eigenvalue weighted by atomic mass is 10.1. The summed E-state index contributed by atoms with van der Waals surface area (Å²) < 4.78 is 1.32. The molecule has 6 nitrogen and oxygen atoms in total. The molecule has 0 aliphatic carbocycles. The number of nitrogens with two attached hydrogens (primary N) is 1. The first-order valence-corrected chi connectivity index (χ1v) is 5.69. The molecule has 2 aromatic rings. The maximum absolute atomic E-state index is 12.2. The number of rotatable bonds is 4. The summed E-state index contributed by atoms with van der Waals surface area (Å²) in [7, 11) is 0. The van der Waals surface area contributed by atoms with Gasteiger partial charge >= 0.3 is 5.97 Å². The molecular weight excluding hydrogens is 246 g/mol. The lowest BCUT2D eigenvalue weighted by molar-refractivity contribution is -0.138. The van der Waals surface area contributed by atoms with Gasteiger partial charge in [0.05, 0.1) is 0 Å². The van der Waals surface area contributed by atoms with Crippen LogP contribution in [-0.4, -0.2) is 32.6 Å². The molecule has 0 saturated carbocycles. The molecule has 19 heavy (non-hydrogen) atoms. The van der Waals surface area contributed by atoms with Crippen LogP contribution >= 0.6 is 0 Å². The fourth-order valence-electron chi connectivity index (χ4n) is 1.69. The van der Waals surface area contributed by atoms with Gasteiger partial charge < -0.3 is 10.8 Å². The molecule has 0 bridgehead atoms. The predicted octanol–water partition coefficient (Wildman–Crippen LogP) is 0.526. The molecule has 6 heteroatoms. The number of aliphatic carboxylic acids is 1. The monoisotopic (exact) mass is 259 g/mol. The SMILES string of the molecule is N[C@@H](Cc1cncn1C(=O)c1ccccc1)C(=O)O. The van der Waals surface area contributed by atoms with Gasteiger partial charge in [0.2, 0.25) is 0 Å². The number of hydrogen-bond acceptors (Lipinski definition) is 4. The summed E-state index contributed by atoms with van der Waals surface area (Å²) in [5, 5.41) is 8.79. The summed E-state index contributed by atoms with van der Waals surface area (Å²) in [6.07, 6.45) is 2.86. The van der Waals surface area contributed by atoms with Gasteiger partial charge in [0, 0.05) is 23.9 Å². The molecule has 98 valence electrons. The largest absolute Gasteiger partial charge is 0.480 e. The van der Waals surface area contributed by atoms with E-state index in [1.54, 1.807) is 24.3 Å². The number of aromatic nitrogens is 2. The predicted molar refractivity (Wildman–Crippen MR) is 67.7 cm³/mol. The van der Waals surface area contributed by atoms with E-state index in [2.05, 4.69) is 4.98 Å². The van der Waals surface area contributed by atoms with Crippen LogP contribution in [0.3, 0.4) is 0 Å². The number of benzene rings is 1. The molecule has 0 saturated heterocycles. The number of carbonyl (C=O) groups excluding carboxylic acids is 1. The quantitative estimate of drug-likeness (QED) is 0.834. The van der Waals surface area contributed by atoms with Crippen LogP contribution < -0.4 is 5.73 Å². The van der Waals surface area contributed by atoms with Crippen molar-refractivity contribution >= 4 is 11.9 Å². The van der Waals surface area contributed by atoms with E-state index in [1.165, 1.54) is 17.1 Å². The Morgan fingerprint density at radius 2 is 2.00 bits per heavy atom. The second kappa shape index (κ2) is 5.45. The minimum atomic E-state index is -1.11. The Labute approximate surface area is 109 Å². The smallest absolute Gasteiger partial charge is 0.320 e. The number of carboxylic acid groups (broad SMARTS) is 1. The van der Waals surface area contributed by atoms with E-state index >= 15 is 0 Å². The first kappa shape index (κ1) is 13.0. The summed E-state index contributed by atoms with van der Waals surface area (Å²) in [5.41, 5.74) is 6.44. The van der Waals surface area contributed by atoms with Gasteiger partial charge in [-0.2, -0.15) is 0 Å². The van der Waals surface area contributed by atoms with Crippen molar-refractivity contribution in [3.05, 3.63) is 54.1 Å². The maximum Gasteiger partial charge on any atom is 0.320 e. The fourth-order valence-corrected chi connectivity index (χ4v) is 1.69. The van der Waals surface area contributed by atoms with Gasteiger partial charge in [-0.05, 0) is 12.1 Å². The molecule has 0 amide bonds. The van der Waals surface area contributed by atoms with E-state index in [4.69, 9.17) is 10.8 Å². The highest BCUT2D eigenvalue weighted by Crippen LogP contribution is 2.08. The topological polar surface area (TPSA) is 98.2 Å². The first-order valence-electron chi connectivity index (χ1n) is 5.69. The summed E-state index contributed by atoms with van der Waals surface area (Å²) in [6.45, 7) is 0. The molecule has 3 N–H and O–H groups in total. The molecule has 0 aliphatic rings. The summed E-state index contributed by atoms with van der Waals surface area (Å²) in [5.74, 6) is -1.37. The van der Waals surface area contributed by atoms with Crippen LogP contribution in [0, 0.1) is 0 Å². The van der Waals surface area contributed by atoms with E-state index < -0.39 is 12.0 Å². The second-order valence-corrected chi connectivity index (χ2v) is 4.08. The zero-order valence-electron chi connectivity index (χ0n) is 10.1. The average Bonchev–Trinajstić information content (AvgIpc) is 2.87. The Morgan fingerprint density at radius 1 is 1.32 bits per heavy atom. The molecule has 1 aromatic heterocycles. The molecule has 0 radical (unpaired) electrons. The zero-order valence-corrected chi connectivity index (χ0v) is 10.1. The molecule has 1 heterocycles. The number of nitrogens with zero attached hydrogens (tertiary/aromatic N) is 2. The summed E-state index contributed by atoms with van der Waals surface area (Å²) in [4.78, 5) is 26.8. The van der Waals surface area contributed by atoms with Crippen molar-refractivity contribution in [1.29, 1.82) is 0 Å². The van der Waals surface area contributed by atoms with Crippen LogP contribution in [0.4, 0.5) is 0 Å². The molecule has 0 unspecified atom stereocenters. The van der Waals surface area contributed by atoms with Crippen molar-refractivity contribution in [2.45, 2.75) is 12.5 Å². The minimum Gasteiger partial charge on any atom is -0.480 e. The maximum atomic E-state index is 12.2. The minimum absolute atomic E-state index is 0.0495. The van der Waals surface area contributed by atoms with Crippen molar-refractivity contribution in [2.75, 3.05) is 0 Å². The van der Waals surface area contributed by atoms with Crippen LogP contribution in [0.25, 0.3) is 0 Å². The highest BCUT2D eigenvalue weighted by molar-refractivity contribution is 5.96. The number of carbonyl (C=O) groups is 2. The van der Waals surface area contributed by atoms with Crippen LogP contribution in [0.5, 0.6) is 0 Å². The third-order valence-electron chi connectivity index (χ3n) is 2.70. The average molecular weight is 259 g/mol. The van der Waals surface area contributed by atoms with E-state index in [9.17, 15) is 9.59 Å². The third-order valence-corrected chi connectivity index (χ3v) is 2.70. The highest BCUT2D eigenvalue weighted by Gasteiger charge is 2.18. The molecule has 0 spiro atoms. The lowest BCUT2D eigenvalue weighted by Crippen LogP contribution is -2.33. The molecular formula is C13H13N3O3. The van der Waals surface area contributed by atoms with E-state index in [0.29, 0.717) is 11.3 Å². The summed E-state index contributed by atoms with van der Waals surface area (Å²) in [6, 6.07) is 7.64. The van der Waals surface area contributed by atoms with Gasteiger partial charge in [-0.1, -0.05) is 18.2 Å². The Balaban J connectivity index is 2.25. The van der Waals surface area contributed by atoms with Gasteiger partial charge in [0.15, 0.2) is 0 Å². The Kier molecular flexibility index (Phi) is 3.72. The number of carboxylic acids is 1. The molecule has 2 rings (SSSR count). The Hall–Kier alpha value is -2.47. The van der Waals surface area contributed by atoms with Crippen LogP contribution in [-0.2, 0) is 11.2 Å². The molecule has 1 aromatic carbocycles. The summed E-state index contributed by atoms with van der Waals surface area (Å²) >= 11 is 0. The normalized spacial score (nSPS) is 12.1. The second-order valence-electron chi connectivity index (χ2n) is 4.08. The number of hydrogen-bond donors (Lipinski definition) is 2. The highest BCUT2D eigenvalue weighted by atomic mass is 16.4. The molecule has 1 atom stereocenters. The molecule has 0 fully saturated rings. The van der Waals surface area contributed by atoms with Crippen molar-refractivity contribution in [3.63, 3.8) is 0 Å². The fraction of sp³-hybridized carbons (Fsp3) is 0.154. The van der Waals surface area contributed by atoms with Gasteiger partial charge in [0.25, 0.3) is 5.91 Å². The lowest BCUT2D eigenvalue weighted by Gasteiger charge is -2.09. The van der Waals surface area contributed by atoms with Gasteiger partial charge in [-0.25, -0.2) is 4.98 Å². The van der Waals surface area contributed by atoms with Crippen molar-refractivity contribution in [3.8, 4) is 0 Å².